The summed E-state index contributed by atoms with van der Waals surface area (Å²) in [5.74, 6) is 1.43. The maximum Gasteiger partial charge on any atom is 0.255 e. The molecule has 9 heteroatoms. The molecule has 3 aliphatic rings. The van der Waals surface area contributed by atoms with Crippen molar-refractivity contribution in [2.45, 2.75) is 57.3 Å². The lowest BCUT2D eigenvalue weighted by Crippen LogP contribution is -2.52. The highest BCUT2D eigenvalue weighted by molar-refractivity contribution is 6.05. The molecule has 3 heterocycles. The number of likely N-dealkylation sites (tertiary alicyclic amines) is 1. The van der Waals surface area contributed by atoms with Crippen LogP contribution in [0.2, 0.25) is 0 Å². The Morgan fingerprint density at radius 2 is 1.81 bits per heavy atom. The van der Waals surface area contributed by atoms with Crippen LogP contribution in [0.4, 0.5) is 0 Å². The third-order valence-electron chi connectivity index (χ3n) is 7.55. The van der Waals surface area contributed by atoms with Crippen LogP contribution in [-0.2, 0) is 22.7 Å². The highest BCUT2D eigenvalue weighted by atomic mass is 16.5. The molecule has 0 bridgehead atoms. The zero-order chi connectivity index (χ0) is 25.9. The number of hydrogen-bond acceptors (Lipinski definition) is 7. The maximum absolute atomic E-state index is 12.9. The number of nitrogens with zero attached hydrogens (tertiary/aromatic N) is 2. The van der Waals surface area contributed by atoms with E-state index in [4.69, 9.17) is 14.2 Å². The molecule has 0 radical (unpaired) electrons. The van der Waals surface area contributed by atoms with Crippen LogP contribution < -0.4 is 19.5 Å². The van der Waals surface area contributed by atoms with Gasteiger partial charge in [-0.25, -0.2) is 0 Å². The molecule has 9 nitrogen and oxygen atoms in total. The molecular formula is C28H33N3O6. The molecule has 5 rings (SSSR count). The van der Waals surface area contributed by atoms with Crippen molar-refractivity contribution in [3.63, 3.8) is 0 Å². The number of ether oxygens (including phenoxy) is 3. The summed E-state index contributed by atoms with van der Waals surface area (Å²) < 4.78 is 17.2. The summed E-state index contributed by atoms with van der Waals surface area (Å²) in [6.07, 6.45) is 3.94. The van der Waals surface area contributed by atoms with E-state index in [9.17, 15) is 14.4 Å². The molecule has 3 aliphatic heterocycles. The fourth-order valence-electron chi connectivity index (χ4n) is 5.49. The van der Waals surface area contributed by atoms with Gasteiger partial charge >= 0.3 is 0 Å². The van der Waals surface area contributed by atoms with Crippen molar-refractivity contribution in [1.29, 1.82) is 0 Å². The molecule has 2 fully saturated rings. The Morgan fingerprint density at radius 1 is 0.973 bits per heavy atom. The van der Waals surface area contributed by atoms with Gasteiger partial charge in [0.15, 0.2) is 0 Å². The lowest BCUT2D eigenvalue weighted by Gasteiger charge is -2.35. The lowest BCUT2D eigenvalue weighted by atomic mass is 10.0. The first-order chi connectivity index (χ1) is 18.0. The van der Waals surface area contributed by atoms with Gasteiger partial charge in [-0.1, -0.05) is 12.5 Å². The van der Waals surface area contributed by atoms with Crippen molar-refractivity contribution in [2.75, 3.05) is 27.4 Å². The predicted octanol–water partition coefficient (Wildman–Crippen LogP) is 2.90. The second kappa shape index (κ2) is 10.8. The molecule has 3 amide bonds. The van der Waals surface area contributed by atoms with Gasteiger partial charge in [-0.2, -0.15) is 0 Å². The summed E-state index contributed by atoms with van der Waals surface area (Å²) >= 11 is 0. The SMILES string of the molecule is COc1ccc(CN2CCCC[C@@H]2COc2ccc3c(c2)CN(C2CCC(=O)NC2=O)C3=O)c(OC)c1. The molecule has 2 aromatic rings. The van der Waals surface area contributed by atoms with Crippen LogP contribution in [-0.4, -0.2) is 67.0 Å². The molecule has 196 valence electrons. The topological polar surface area (TPSA) is 97.4 Å². The minimum absolute atomic E-state index is 0.178. The quantitative estimate of drug-likeness (QED) is 0.549. The van der Waals surface area contributed by atoms with Gasteiger partial charge in [0.05, 0.1) is 14.2 Å². The molecule has 2 atom stereocenters. The molecule has 2 aromatic carbocycles. The number of imide groups is 1. The van der Waals surface area contributed by atoms with E-state index in [0.717, 1.165) is 55.0 Å². The highest BCUT2D eigenvalue weighted by Crippen LogP contribution is 2.31. The molecule has 0 aromatic heterocycles. The summed E-state index contributed by atoms with van der Waals surface area (Å²) in [4.78, 5) is 40.7. The van der Waals surface area contributed by atoms with Crippen LogP contribution in [0.5, 0.6) is 17.2 Å². The molecule has 0 aliphatic carbocycles. The molecular weight excluding hydrogens is 474 g/mol. The van der Waals surface area contributed by atoms with Crippen molar-refractivity contribution in [3.8, 4) is 17.2 Å². The van der Waals surface area contributed by atoms with E-state index in [1.54, 1.807) is 25.2 Å². The number of amides is 3. The summed E-state index contributed by atoms with van der Waals surface area (Å²) in [5.41, 5.74) is 2.54. The number of methoxy groups -OCH3 is 2. The van der Waals surface area contributed by atoms with Crippen LogP contribution in [0.1, 0.15) is 53.6 Å². The largest absolute Gasteiger partial charge is 0.497 e. The first kappa shape index (κ1) is 25.1. The lowest BCUT2D eigenvalue weighted by molar-refractivity contribution is -0.136. The number of hydrogen-bond donors (Lipinski definition) is 1. The summed E-state index contributed by atoms with van der Waals surface area (Å²) in [6, 6.07) is 11.1. The zero-order valence-electron chi connectivity index (χ0n) is 21.3. The fraction of sp³-hybridized carbons (Fsp3) is 0.464. The van der Waals surface area contributed by atoms with E-state index >= 15 is 0 Å². The van der Waals surface area contributed by atoms with Gasteiger partial charge in [0.1, 0.15) is 29.9 Å². The van der Waals surface area contributed by atoms with Crippen LogP contribution >= 0.6 is 0 Å². The first-order valence-corrected chi connectivity index (χ1v) is 12.8. The van der Waals surface area contributed by atoms with E-state index < -0.39 is 11.9 Å². The minimum atomic E-state index is -0.618. The number of carbonyl (C=O) groups is 3. The van der Waals surface area contributed by atoms with E-state index in [1.807, 2.05) is 24.3 Å². The molecule has 1 unspecified atom stereocenters. The minimum Gasteiger partial charge on any atom is -0.497 e. The monoisotopic (exact) mass is 507 g/mol. The second-order valence-corrected chi connectivity index (χ2v) is 9.83. The first-order valence-electron chi connectivity index (χ1n) is 12.8. The number of fused-ring (bicyclic) bond motifs is 1. The van der Waals surface area contributed by atoms with E-state index in [-0.39, 0.29) is 24.3 Å². The Morgan fingerprint density at radius 3 is 2.59 bits per heavy atom. The van der Waals surface area contributed by atoms with Gasteiger partial charge in [-0.15, -0.1) is 0 Å². The molecule has 2 saturated heterocycles. The van der Waals surface area contributed by atoms with Crippen molar-refractivity contribution in [2.24, 2.45) is 0 Å². The Kier molecular flexibility index (Phi) is 7.32. The van der Waals surface area contributed by atoms with Crippen molar-refractivity contribution >= 4 is 17.7 Å². The number of piperidine rings is 2. The fourth-order valence-corrected chi connectivity index (χ4v) is 5.49. The Balaban J connectivity index is 1.23. The molecule has 0 saturated carbocycles. The molecule has 0 spiro atoms. The van der Waals surface area contributed by atoms with Gasteiger partial charge in [-0.05, 0) is 55.6 Å². The van der Waals surface area contributed by atoms with Crippen LogP contribution in [0.15, 0.2) is 36.4 Å². The smallest absolute Gasteiger partial charge is 0.255 e. The van der Waals surface area contributed by atoms with Crippen LogP contribution in [0, 0.1) is 0 Å². The zero-order valence-corrected chi connectivity index (χ0v) is 21.3. The highest BCUT2D eigenvalue weighted by Gasteiger charge is 2.39. The van der Waals surface area contributed by atoms with Crippen LogP contribution in [0.25, 0.3) is 0 Å². The van der Waals surface area contributed by atoms with Gasteiger partial charge in [0.25, 0.3) is 5.91 Å². The number of carbonyl (C=O) groups excluding carboxylic acids is 3. The Labute approximate surface area is 216 Å². The van der Waals surface area contributed by atoms with Crippen LogP contribution in [0.3, 0.4) is 0 Å². The van der Waals surface area contributed by atoms with E-state index in [1.165, 1.54) is 0 Å². The maximum atomic E-state index is 12.9. The normalized spacial score (nSPS) is 22.0. The number of benzene rings is 2. The summed E-state index contributed by atoms with van der Waals surface area (Å²) in [5, 5.41) is 2.34. The third kappa shape index (κ3) is 5.27. The van der Waals surface area contributed by atoms with Crippen molar-refractivity contribution in [3.05, 3.63) is 53.1 Å². The second-order valence-electron chi connectivity index (χ2n) is 9.83. The van der Waals surface area contributed by atoms with Gasteiger partial charge in [0, 0.05) is 42.7 Å². The molecule has 1 N–H and O–H groups in total. The van der Waals surface area contributed by atoms with Gasteiger partial charge in [-0.3, -0.25) is 24.6 Å². The Hall–Kier alpha value is -3.59. The standard InChI is InChI=1S/C28H33N3O6/c1-35-21-7-6-18(25(14-21)36-2)15-30-12-4-3-5-20(30)17-37-22-8-9-23-19(13-22)16-31(28(23)34)24-10-11-26(32)29-27(24)33/h6-9,13-14,20,24H,3-5,10-12,15-17H2,1-2H3,(H,29,32,33)/t20-,24?/m1/s1. The van der Waals surface area contributed by atoms with E-state index in [2.05, 4.69) is 16.3 Å². The van der Waals surface area contributed by atoms with Crippen molar-refractivity contribution < 1.29 is 28.6 Å². The Bertz CT molecular complexity index is 1200. The van der Waals surface area contributed by atoms with E-state index in [0.29, 0.717) is 30.9 Å². The molecule has 37 heavy (non-hydrogen) atoms. The number of nitrogens with one attached hydrogen (secondary N) is 1. The average Bonchev–Trinajstić information content (AvgIpc) is 3.23. The third-order valence-corrected chi connectivity index (χ3v) is 7.55. The van der Waals surface area contributed by atoms with Crippen molar-refractivity contribution in [1.82, 2.24) is 15.1 Å². The number of rotatable bonds is 8. The summed E-state index contributed by atoms with van der Waals surface area (Å²) in [7, 11) is 3.32. The summed E-state index contributed by atoms with van der Waals surface area (Å²) in [6.45, 7) is 2.64. The average molecular weight is 508 g/mol. The predicted molar refractivity (Wildman–Crippen MR) is 136 cm³/mol. The van der Waals surface area contributed by atoms with Gasteiger partial charge in [0.2, 0.25) is 11.8 Å². The van der Waals surface area contributed by atoms with Gasteiger partial charge < -0.3 is 19.1 Å².